The van der Waals surface area contributed by atoms with Crippen molar-refractivity contribution in [3.8, 4) is 0 Å². The fourth-order valence-electron chi connectivity index (χ4n) is 2.91. The van der Waals surface area contributed by atoms with Gasteiger partial charge in [-0.3, -0.25) is 14.7 Å². The van der Waals surface area contributed by atoms with Crippen LogP contribution < -0.4 is 4.90 Å². The third-order valence-electron chi connectivity index (χ3n) is 4.33. The minimum atomic E-state index is -0.200. The molecule has 0 saturated carbocycles. The van der Waals surface area contributed by atoms with Crippen molar-refractivity contribution in [2.24, 2.45) is 0 Å². The summed E-state index contributed by atoms with van der Waals surface area (Å²) in [6.07, 6.45) is 5.00. The molecule has 1 aliphatic heterocycles. The van der Waals surface area contributed by atoms with Crippen LogP contribution in [0.15, 0.2) is 53.7 Å². The molecule has 0 atom stereocenters. The van der Waals surface area contributed by atoms with Crippen LogP contribution in [0, 0.1) is 6.92 Å². The van der Waals surface area contributed by atoms with Gasteiger partial charge in [0.05, 0.1) is 29.0 Å². The zero-order valence-electron chi connectivity index (χ0n) is 15.2. The lowest BCUT2D eigenvalue weighted by molar-refractivity contribution is -0.113. The molecule has 3 heterocycles. The number of thioether (sulfide) groups is 1. The number of benzene rings is 1. The average Bonchev–Trinajstić information content (AvgIpc) is 3.14. The van der Waals surface area contributed by atoms with Gasteiger partial charge < -0.3 is 0 Å². The molecule has 0 spiro atoms. The molecule has 0 aliphatic carbocycles. The minimum absolute atomic E-state index is 0.200. The number of rotatable bonds is 4. The molecule has 0 radical (unpaired) electrons. The normalized spacial score (nSPS) is 15.6. The lowest BCUT2D eigenvalue weighted by Gasteiger charge is -2.13. The predicted octanol–water partition coefficient (Wildman–Crippen LogP) is 5.35. The third kappa shape index (κ3) is 4.09. The fourth-order valence-corrected chi connectivity index (χ4v) is 4.60. The fraction of sp³-hybridized carbons (Fsp3) is 0.100. The second-order valence-electron chi connectivity index (χ2n) is 6.30. The van der Waals surface area contributed by atoms with Crippen molar-refractivity contribution in [3.63, 3.8) is 0 Å². The minimum Gasteiger partial charge on any atom is -0.268 e. The molecule has 1 saturated heterocycles. The first-order valence-electron chi connectivity index (χ1n) is 8.59. The number of carbonyl (C=O) groups is 1. The average molecular weight is 461 g/mol. The Morgan fingerprint density at radius 1 is 1.21 bits per heavy atom. The largest absolute Gasteiger partial charge is 0.270 e. The maximum atomic E-state index is 12.9. The molecule has 1 aromatic carbocycles. The maximum absolute atomic E-state index is 12.9. The van der Waals surface area contributed by atoms with Crippen molar-refractivity contribution in [1.29, 1.82) is 0 Å². The van der Waals surface area contributed by atoms with Gasteiger partial charge in [0.1, 0.15) is 5.15 Å². The Bertz CT molecular complexity index is 1130. The standard InChI is InChI=1S/C20H14Cl2N4OS2/c1-12-16(18(22)25(24-12)11-13-4-6-14(21)7-5-13)9-17-19(27)26(20(28)29-17)15-3-2-8-23-10-15/h2-10H,11H2,1H3/b17-9-. The summed E-state index contributed by atoms with van der Waals surface area (Å²) in [5.41, 5.74) is 3.09. The van der Waals surface area contributed by atoms with Crippen LogP contribution >= 0.6 is 47.2 Å². The van der Waals surface area contributed by atoms with Crippen molar-refractivity contribution >= 4 is 69.2 Å². The first-order chi connectivity index (χ1) is 13.9. The monoisotopic (exact) mass is 460 g/mol. The Kier molecular flexibility index (Phi) is 5.74. The van der Waals surface area contributed by atoms with Crippen LogP contribution in [0.3, 0.4) is 0 Å². The highest BCUT2D eigenvalue weighted by atomic mass is 35.5. The molecule has 5 nitrogen and oxygen atoms in total. The van der Waals surface area contributed by atoms with Crippen LogP contribution in [0.2, 0.25) is 10.2 Å². The topological polar surface area (TPSA) is 51.0 Å². The molecule has 146 valence electrons. The Balaban J connectivity index is 1.63. The van der Waals surface area contributed by atoms with E-state index in [0.717, 1.165) is 11.3 Å². The smallest absolute Gasteiger partial charge is 0.268 e. The molecule has 2 aromatic heterocycles. The highest BCUT2D eigenvalue weighted by Crippen LogP contribution is 2.37. The second kappa shape index (κ2) is 8.28. The van der Waals surface area contributed by atoms with Gasteiger partial charge in [0, 0.05) is 16.8 Å². The molecule has 1 amide bonds. The summed E-state index contributed by atoms with van der Waals surface area (Å²) in [4.78, 5) is 18.9. The van der Waals surface area contributed by atoms with Crippen LogP contribution in [0.25, 0.3) is 6.08 Å². The number of amides is 1. The first kappa shape index (κ1) is 20.1. The van der Waals surface area contributed by atoms with Crippen LogP contribution in [0.5, 0.6) is 0 Å². The summed E-state index contributed by atoms with van der Waals surface area (Å²) in [5.74, 6) is -0.200. The molecule has 0 N–H and O–H groups in total. The molecule has 0 unspecified atom stereocenters. The van der Waals surface area contributed by atoms with E-state index in [1.165, 1.54) is 16.7 Å². The summed E-state index contributed by atoms with van der Waals surface area (Å²) < 4.78 is 2.16. The highest BCUT2D eigenvalue weighted by Gasteiger charge is 2.34. The van der Waals surface area contributed by atoms with E-state index in [4.69, 9.17) is 35.4 Å². The summed E-state index contributed by atoms with van der Waals surface area (Å²) in [7, 11) is 0. The van der Waals surface area contributed by atoms with Gasteiger partial charge in [0.25, 0.3) is 5.91 Å². The van der Waals surface area contributed by atoms with Gasteiger partial charge >= 0.3 is 0 Å². The lowest BCUT2D eigenvalue weighted by atomic mass is 10.2. The van der Waals surface area contributed by atoms with E-state index in [9.17, 15) is 4.79 Å². The van der Waals surface area contributed by atoms with Crippen molar-refractivity contribution in [2.75, 3.05) is 4.90 Å². The molecular formula is C20H14Cl2N4OS2. The quantitative estimate of drug-likeness (QED) is 0.388. The SMILES string of the molecule is Cc1nn(Cc2ccc(Cl)cc2)c(Cl)c1/C=C1\SC(=S)N(c2cccnc2)C1=O. The second-order valence-corrected chi connectivity index (χ2v) is 8.77. The van der Waals surface area contributed by atoms with Gasteiger partial charge in [0.2, 0.25) is 0 Å². The molecule has 4 rings (SSSR count). The van der Waals surface area contributed by atoms with Gasteiger partial charge in [-0.2, -0.15) is 5.10 Å². The lowest BCUT2D eigenvalue weighted by Crippen LogP contribution is -2.27. The van der Waals surface area contributed by atoms with Gasteiger partial charge in [0.15, 0.2) is 4.32 Å². The van der Waals surface area contributed by atoms with Gasteiger partial charge in [-0.25, -0.2) is 4.68 Å². The summed E-state index contributed by atoms with van der Waals surface area (Å²) in [6.45, 7) is 2.36. The first-order valence-corrected chi connectivity index (χ1v) is 10.6. The van der Waals surface area contributed by atoms with E-state index in [0.29, 0.717) is 37.2 Å². The summed E-state index contributed by atoms with van der Waals surface area (Å²) in [6, 6.07) is 11.1. The van der Waals surface area contributed by atoms with E-state index in [2.05, 4.69) is 10.1 Å². The van der Waals surface area contributed by atoms with E-state index < -0.39 is 0 Å². The molecule has 9 heteroatoms. The zero-order valence-corrected chi connectivity index (χ0v) is 18.3. The van der Waals surface area contributed by atoms with E-state index >= 15 is 0 Å². The summed E-state index contributed by atoms with van der Waals surface area (Å²) in [5, 5.41) is 5.66. The summed E-state index contributed by atoms with van der Waals surface area (Å²) >= 11 is 19.2. The van der Waals surface area contributed by atoms with E-state index in [1.54, 1.807) is 35.3 Å². The number of carbonyl (C=O) groups excluding carboxylic acids is 1. The molecule has 0 bridgehead atoms. The molecule has 29 heavy (non-hydrogen) atoms. The highest BCUT2D eigenvalue weighted by molar-refractivity contribution is 8.27. The van der Waals surface area contributed by atoms with E-state index in [-0.39, 0.29) is 5.91 Å². The Labute approximate surface area is 187 Å². The van der Waals surface area contributed by atoms with Crippen LogP contribution in [-0.4, -0.2) is 25.0 Å². The van der Waals surface area contributed by atoms with Crippen molar-refractivity contribution in [3.05, 3.63) is 80.7 Å². The van der Waals surface area contributed by atoms with Gasteiger partial charge in [-0.05, 0) is 42.8 Å². The molecule has 3 aromatic rings. The third-order valence-corrected chi connectivity index (χ3v) is 6.28. The predicted molar refractivity (Wildman–Crippen MR) is 122 cm³/mol. The van der Waals surface area contributed by atoms with E-state index in [1.807, 2.05) is 31.2 Å². The number of aryl methyl sites for hydroxylation is 1. The number of anilines is 1. The van der Waals surface area contributed by atoms with Gasteiger partial charge in [-0.15, -0.1) is 0 Å². The number of thiocarbonyl (C=S) groups is 1. The number of hydrogen-bond donors (Lipinski definition) is 0. The van der Waals surface area contributed by atoms with Crippen LogP contribution in [-0.2, 0) is 11.3 Å². The maximum Gasteiger partial charge on any atom is 0.270 e. The van der Waals surface area contributed by atoms with Crippen LogP contribution in [0.1, 0.15) is 16.8 Å². The zero-order chi connectivity index (χ0) is 20.5. The molecular weight excluding hydrogens is 447 g/mol. The van der Waals surface area contributed by atoms with Gasteiger partial charge in [-0.1, -0.05) is 59.3 Å². The molecule has 1 fully saturated rings. The van der Waals surface area contributed by atoms with Crippen LogP contribution in [0.4, 0.5) is 5.69 Å². The number of pyridine rings is 1. The Morgan fingerprint density at radius 2 is 1.97 bits per heavy atom. The Hall–Kier alpha value is -2.19. The number of aromatic nitrogens is 3. The number of hydrogen-bond acceptors (Lipinski definition) is 5. The van der Waals surface area contributed by atoms with Crippen molar-refractivity contribution < 1.29 is 4.79 Å². The Morgan fingerprint density at radius 3 is 2.66 bits per heavy atom. The van der Waals surface area contributed by atoms with Crippen molar-refractivity contribution in [2.45, 2.75) is 13.5 Å². The molecule has 1 aliphatic rings. The number of nitrogens with zero attached hydrogens (tertiary/aromatic N) is 4. The number of halogens is 2. The van der Waals surface area contributed by atoms with Crippen molar-refractivity contribution in [1.82, 2.24) is 14.8 Å².